The second-order valence-corrected chi connectivity index (χ2v) is 9.86. The van der Waals surface area contributed by atoms with Crippen LogP contribution in [0.25, 0.3) is 0 Å². The quantitative estimate of drug-likeness (QED) is 0.294. The minimum atomic E-state index is -3.91. The second kappa shape index (κ2) is 11.2. The van der Waals surface area contributed by atoms with E-state index in [0.717, 1.165) is 27.9 Å². The standard InChI is InChI=1S/C19H22ClN3O6S2/c1-29-18-8-7-16(23(25)26)11-17(18)22(31(2,27)28)12-19(24)21-9-10-30-13-14-3-5-15(20)6-4-14/h3-8,11H,9-10,12-13H2,1-2H3,(H,21,24). The number of sulfonamides is 1. The zero-order chi connectivity index (χ0) is 23.0. The molecule has 0 aliphatic rings. The average Bonchev–Trinajstić information content (AvgIpc) is 2.71. The van der Waals surface area contributed by atoms with Gasteiger partial charge in [-0.25, -0.2) is 8.42 Å². The van der Waals surface area contributed by atoms with Crippen molar-refractivity contribution in [2.45, 2.75) is 5.75 Å². The number of halogens is 1. The molecule has 31 heavy (non-hydrogen) atoms. The molecule has 0 saturated heterocycles. The summed E-state index contributed by atoms with van der Waals surface area (Å²) >= 11 is 7.45. The lowest BCUT2D eigenvalue weighted by molar-refractivity contribution is -0.384. The molecule has 0 heterocycles. The molecule has 0 aliphatic heterocycles. The van der Waals surface area contributed by atoms with Crippen LogP contribution < -0.4 is 14.4 Å². The Morgan fingerprint density at radius 3 is 2.52 bits per heavy atom. The third kappa shape index (κ3) is 7.60. The number of nitrogens with one attached hydrogen (secondary N) is 1. The van der Waals surface area contributed by atoms with Gasteiger partial charge < -0.3 is 10.1 Å². The number of ether oxygens (including phenoxy) is 1. The number of amides is 1. The summed E-state index contributed by atoms with van der Waals surface area (Å²) in [6.45, 7) is -0.195. The van der Waals surface area contributed by atoms with Crippen LogP contribution in [0, 0.1) is 10.1 Å². The van der Waals surface area contributed by atoms with Gasteiger partial charge in [0.2, 0.25) is 15.9 Å². The first-order chi connectivity index (χ1) is 14.6. The van der Waals surface area contributed by atoms with Crippen LogP contribution in [0.3, 0.4) is 0 Å². The summed E-state index contributed by atoms with van der Waals surface area (Å²) in [6.07, 6.45) is 0.917. The molecule has 2 aromatic rings. The van der Waals surface area contributed by atoms with Crippen molar-refractivity contribution in [1.29, 1.82) is 0 Å². The number of non-ortho nitro benzene ring substituents is 1. The summed E-state index contributed by atoms with van der Waals surface area (Å²) in [5.74, 6) is 0.925. The molecule has 0 radical (unpaired) electrons. The van der Waals surface area contributed by atoms with Gasteiger partial charge in [0.25, 0.3) is 5.69 Å². The summed E-state index contributed by atoms with van der Waals surface area (Å²) in [6, 6.07) is 11.0. The van der Waals surface area contributed by atoms with Crippen LogP contribution in [-0.2, 0) is 20.6 Å². The Morgan fingerprint density at radius 1 is 1.26 bits per heavy atom. The Labute approximate surface area is 189 Å². The van der Waals surface area contributed by atoms with Crippen LogP contribution in [0.15, 0.2) is 42.5 Å². The highest BCUT2D eigenvalue weighted by molar-refractivity contribution is 7.98. The van der Waals surface area contributed by atoms with Crippen molar-refractivity contribution < 1.29 is 22.9 Å². The van der Waals surface area contributed by atoms with Crippen LogP contribution in [0.2, 0.25) is 5.02 Å². The molecule has 0 aliphatic carbocycles. The van der Waals surface area contributed by atoms with E-state index in [9.17, 15) is 23.3 Å². The Bertz CT molecular complexity index is 1030. The summed E-state index contributed by atoms with van der Waals surface area (Å²) < 4.78 is 30.5. The largest absolute Gasteiger partial charge is 0.495 e. The number of nitrogens with zero attached hydrogens (tertiary/aromatic N) is 2. The number of thioether (sulfide) groups is 1. The fourth-order valence-corrected chi connectivity index (χ4v) is 4.38. The van der Waals surface area contributed by atoms with Crippen LogP contribution in [0.4, 0.5) is 11.4 Å². The van der Waals surface area contributed by atoms with Gasteiger partial charge in [-0.1, -0.05) is 23.7 Å². The predicted molar refractivity (Wildman–Crippen MR) is 122 cm³/mol. The van der Waals surface area contributed by atoms with Gasteiger partial charge in [0.1, 0.15) is 18.0 Å². The fraction of sp³-hybridized carbons (Fsp3) is 0.316. The lowest BCUT2D eigenvalue weighted by Gasteiger charge is -2.23. The third-order valence-electron chi connectivity index (χ3n) is 4.08. The number of hydrogen-bond donors (Lipinski definition) is 1. The lowest BCUT2D eigenvalue weighted by atomic mass is 10.2. The second-order valence-electron chi connectivity index (χ2n) is 6.41. The zero-order valence-electron chi connectivity index (χ0n) is 16.9. The number of anilines is 1. The Kier molecular flexibility index (Phi) is 8.96. The molecule has 0 fully saturated rings. The summed E-state index contributed by atoms with van der Waals surface area (Å²) in [7, 11) is -2.60. The highest BCUT2D eigenvalue weighted by Crippen LogP contribution is 2.33. The van der Waals surface area contributed by atoms with E-state index in [0.29, 0.717) is 17.3 Å². The number of hydrogen-bond acceptors (Lipinski definition) is 7. The molecule has 0 spiro atoms. The first kappa shape index (κ1) is 24.8. The van der Waals surface area contributed by atoms with Gasteiger partial charge in [0.15, 0.2) is 0 Å². The molecule has 2 rings (SSSR count). The summed E-state index contributed by atoms with van der Waals surface area (Å²) in [4.78, 5) is 22.8. The normalized spacial score (nSPS) is 11.1. The van der Waals surface area contributed by atoms with E-state index in [1.54, 1.807) is 23.9 Å². The summed E-state index contributed by atoms with van der Waals surface area (Å²) in [5, 5.41) is 14.4. The topological polar surface area (TPSA) is 119 Å². The summed E-state index contributed by atoms with van der Waals surface area (Å²) in [5.41, 5.74) is 0.705. The maximum Gasteiger partial charge on any atom is 0.271 e. The molecular weight excluding hydrogens is 466 g/mol. The highest BCUT2D eigenvalue weighted by atomic mass is 35.5. The maximum atomic E-state index is 12.3. The van der Waals surface area contributed by atoms with Gasteiger partial charge in [0, 0.05) is 35.2 Å². The maximum absolute atomic E-state index is 12.3. The number of nitro groups is 1. The van der Waals surface area contributed by atoms with Crippen molar-refractivity contribution in [3.05, 3.63) is 63.2 Å². The minimum Gasteiger partial charge on any atom is -0.495 e. The molecule has 1 amide bonds. The number of methoxy groups -OCH3 is 1. The number of nitro benzene ring substituents is 1. The number of rotatable bonds is 11. The van der Waals surface area contributed by atoms with E-state index >= 15 is 0 Å². The number of benzene rings is 2. The SMILES string of the molecule is COc1ccc([N+](=O)[O-])cc1N(CC(=O)NCCSCc1ccc(Cl)cc1)S(C)(=O)=O. The smallest absolute Gasteiger partial charge is 0.271 e. The van der Waals surface area contributed by atoms with Crippen molar-refractivity contribution in [2.75, 3.05) is 36.5 Å². The van der Waals surface area contributed by atoms with Gasteiger partial charge in [0.05, 0.1) is 18.3 Å². The highest BCUT2D eigenvalue weighted by Gasteiger charge is 2.26. The van der Waals surface area contributed by atoms with Crippen LogP contribution in [-0.4, -0.2) is 51.5 Å². The van der Waals surface area contributed by atoms with Gasteiger partial charge >= 0.3 is 0 Å². The van der Waals surface area contributed by atoms with E-state index in [1.807, 2.05) is 12.1 Å². The molecule has 0 unspecified atom stereocenters. The zero-order valence-corrected chi connectivity index (χ0v) is 19.3. The fourth-order valence-electron chi connectivity index (χ4n) is 2.59. The van der Waals surface area contributed by atoms with Gasteiger partial charge in [-0.05, 0) is 23.8 Å². The monoisotopic (exact) mass is 487 g/mol. The van der Waals surface area contributed by atoms with E-state index in [2.05, 4.69) is 5.32 Å². The van der Waals surface area contributed by atoms with Crippen LogP contribution >= 0.6 is 23.4 Å². The third-order valence-corrected chi connectivity index (χ3v) is 6.49. The molecule has 0 bridgehead atoms. The van der Waals surface area contributed by atoms with Gasteiger partial charge in [-0.15, -0.1) is 0 Å². The van der Waals surface area contributed by atoms with Gasteiger partial charge in [-0.2, -0.15) is 11.8 Å². The first-order valence-corrected chi connectivity index (χ1v) is 12.4. The Balaban J connectivity index is 1.98. The molecule has 168 valence electrons. The minimum absolute atomic E-state index is 0.0773. The van der Waals surface area contributed by atoms with Crippen molar-refractivity contribution in [1.82, 2.24) is 5.32 Å². The predicted octanol–water partition coefficient (Wildman–Crippen LogP) is 3.07. The Hall–Kier alpha value is -2.50. The first-order valence-electron chi connectivity index (χ1n) is 9.01. The number of carbonyl (C=O) groups is 1. The van der Waals surface area contributed by atoms with Crippen molar-refractivity contribution in [3.63, 3.8) is 0 Å². The lowest BCUT2D eigenvalue weighted by Crippen LogP contribution is -2.41. The molecular formula is C19H22ClN3O6S2. The van der Waals surface area contributed by atoms with E-state index in [1.165, 1.54) is 19.2 Å². The van der Waals surface area contributed by atoms with Crippen LogP contribution in [0.1, 0.15) is 5.56 Å². The molecule has 0 aromatic heterocycles. The van der Waals surface area contributed by atoms with E-state index in [4.69, 9.17) is 16.3 Å². The molecule has 9 nitrogen and oxygen atoms in total. The molecule has 2 aromatic carbocycles. The van der Waals surface area contributed by atoms with Crippen molar-refractivity contribution >= 4 is 50.7 Å². The van der Waals surface area contributed by atoms with E-state index < -0.39 is 27.4 Å². The molecule has 1 N–H and O–H groups in total. The number of carbonyl (C=O) groups excluding carboxylic acids is 1. The van der Waals surface area contributed by atoms with Crippen LogP contribution in [0.5, 0.6) is 5.75 Å². The Morgan fingerprint density at radius 2 is 1.94 bits per heavy atom. The van der Waals surface area contributed by atoms with Crippen molar-refractivity contribution in [2.24, 2.45) is 0 Å². The molecule has 0 saturated carbocycles. The van der Waals surface area contributed by atoms with Crippen molar-refractivity contribution in [3.8, 4) is 5.75 Å². The van der Waals surface area contributed by atoms with Gasteiger partial charge in [-0.3, -0.25) is 19.2 Å². The molecule has 12 heteroatoms. The molecule has 0 atom stereocenters. The average molecular weight is 488 g/mol. The van der Waals surface area contributed by atoms with E-state index in [-0.39, 0.29) is 17.1 Å².